The van der Waals surface area contributed by atoms with Crippen molar-refractivity contribution in [1.82, 2.24) is 0 Å². The molecule has 0 spiro atoms. The summed E-state index contributed by atoms with van der Waals surface area (Å²) in [5.74, 6) is 0. The van der Waals surface area contributed by atoms with Gasteiger partial charge in [-0.15, -0.1) is 0 Å². The smallest absolute Gasteiger partial charge is 0.0207 e. The average Bonchev–Trinajstić information content (AvgIpc) is 2.30. The summed E-state index contributed by atoms with van der Waals surface area (Å²) in [4.78, 5) is 0. The van der Waals surface area contributed by atoms with Crippen LogP contribution in [0, 0.1) is 6.66 Å². The van der Waals surface area contributed by atoms with Crippen LogP contribution in [0.25, 0.3) is 0 Å². The van der Waals surface area contributed by atoms with Crippen molar-refractivity contribution >= 4 is 7.92 Å². The van der Waals surface area contributed by atoms with Crippen LogP contribution in [0.2, 0.25) is 0 Å². The zero-order chi connectivity index (χ0) is 9.80. The third-order valence-corrected chi connectivity index (χ3v) is 7.00. The highest BCUT2D eigenvalue weighted by Gasteiger charge is 2.27. The van der Waals surface area contributed by atoms with Crippen molar-refractivity contribution in [3.63, 3.8) is 0 Å². The molecule has 14 heavy (non-hydrogen) atoms. The van der Waals surface area contributed by atoms with Gasteiger partial charge in [-0.05, 0) is 43.7 Å². The van der Waals surface area contributed by atoms with Gasteiger partial charge in [0.15, 0.2) is 0 Å². The van der Waals surface area contributed by atoms with Crippen molar-refractivity contribution < 1.29 is 0 Å². The predicted octanol–water partition coefficient (Wildman–Crippen LogP) is 4.93. The van der Waals surface area contributed by atoms with Crippen molar-refractivity contribution in [3.05, 3.63) is 6.66 Å². The van der Waals surface area contributed by atoms with Gasteiger partial charge in [-0.3, -0.25) is 0 Å². The molecule has 0 atom stereocenters. The van der Waals surface area contributed by atoms with Gasteiger partial charge >= 0.3 is 0 Å². The first-order valence-corrected chi connectivity index (χ1v) is 8.13. The van der Waals surface area contributed by atoms with Crippen LogP contribution in [0.1, 0.15) is 64.2 Å². The lowest BCUT2D eigenvalue weighted by atomic mass is 9.99. The molecule has 2 fully saturated rings. The fourth-order valence-corrected chi connectivity index (χ4v) is 5.78. The third kappa shape index (κ3) is 2.72. The van der Waals surface area contributed by atoms with E-state index in [4.69, 9.17) is 0 Å². The summed E-state index contributed by atoms with van der Waals surface area (Å²) in [5, 5.41) is 0. The molecule has 0 bridgehead atoms. The minimum absolute atomic E-state index is 0.133. The van der Waals surface area contributed by atoms with Gasteiger partial charge in [0.1, 0.15) is 0 Å². The molecule has 0 heterocycles. The molecule has 0 nitrogen and oxygen atoms in total. The van der Waals surface area contributed by atoms with E-state index in [0.717, 1.165) is 11.3 Å². The maximum absolute atomic E-state index is 4.55. The van der Waals surface area contributed by atoms with Crippen LogP contribution in [-0.2, 0) is 0 Å². The summed E-state index contributed by atoms with van der Waals surface area (Å²) < 4.78 is 0. The second kappa shape index (κ2) is 5.50. The van der Waals surface area contributed by atoms with E-state index in [9.17, 15) is 0 Å². The predicted molar refractivity (Wildman–Crippen MR) is 66.0 cm³/mol. The second-order valence-corrected chi connectivity index (χ2v) is 7.59. The standard InChI is InChI=1S/C13H24P/c1-14(12-8-4-2-5-9-12)13-10-6-3-7-11-13/h12-13H,1-11H2. The molecule has 0 N–H and O–H groups in total. The molecule has 81 valence electrons. The molecule has 1 heteroatoms. The molecule has 0 saturated heterocycles. The maximum Gasteiger partial charge on any atom is -0.0207 e. The Labute approximate surface area is 90.6 Å². The van der Waals surface area contributed by atoms with Crippen molar-refractivity contribution in [2.75, 3.05) is 0 Å². The molecule has 2 saturated carbocycles. The van der Waals surface area contributed by atoms with E-state index in [2.05, 4.69) is 6.66 Å². The summed E-state index contributed by atoms with van der Waals surface area (Å²) in [6.45, 7) is 4.55. The quantitative estimate of drug-likeness (QED) is 0.568. The van der Waals surface area contributed by atoms with Gasteiger partial charge in [0.05, 0.1) is 0 Å². The second-order valence-electron chi connectivity index (χ2n) is 5.10. The van der Waals surface area contributed by atoms with Crippen LogP contribution in [0.3, 0.4) is 0 Å². The molecule has 1 radical (unpaired) electrons. The minimum Gasteiger partial charge on any atom is -0.1000 e. The lowest BCUT2D eigenvalue weighted by Crippen LogP contribution is -2.18. The van der Waals surface area contributed by atoms with Crippen molar-refractivity contribution in [2.24, 2.45) is 0 Å². The lowest BCUT2D eigenvalue weighted by molar-refractivity contribution is 0.486. The van der Waals surface area contributed by atoms with Crippen LogP contribution in [0.5, 0.6) is 0 Å². The molecule has 0 aromatic rings. The Morgan fingerprint density at radius 1 is 0.643 bits per heavy atom. The largest absolute Gasteiger partial charge is 0.1000 e. The van der Waals surface area contributed by atoms with E-state index >= 15 is 0 Å². The summed E-state index contributed by atoms with van der Waals surface area (Å²) in [6, 6.07) is 0. The fourth-order valence-electron chi connectivity index (χ4n) is 3.12. The van der Waals surface area contributed by atoms with Gasteiger partial charge in [-0.2, -0.15) is 0 Å². The summed E-state index contributed by atoms with van der Waals surface area (Å²) in [6.07, 6.45) is 15.0. The Morgan fingerprint density at radius 3 is 1.36 bits per heavy atom. The molecule has 2 aliphatic carbocycles. The highest BCUT2D eigenvalue weighted by atomic mass is 31.1. The monoisotopic (exact) mass is 211 g/mol. The van der Waals surface area contributed by atoms with Crippen molar-refractivity contribution in [3.8, 4) is 0 Å². The Hall–Kier alpha value is 0.430. The summed E-state index contributed by atoms with van der Waals surface area (Å²) in [7, 11) is 0.133. The lowest BCUT2D eigenvalue weighted by Gasteiger charge is -2.35. The Balaban J connectivity index is 1.82. The van der Waals surface area contributed by atoms with E-state index < -0.39 is 0 Å². The molecule has 0 amide bonds. The van der Waals surface area contributed by atoms with Crippen LogP contribution in [0.4, 0.5) is 0 Å². The van der Waals surface area contributed by atoms with Gasteiger partial charge in [0.2, 0.25) is 0 Å². The number of rotatable bonds is 2. The van der Waals surface area contributed by atoms with Gasteiger partial charge in [-0.1, -0.05) is 46.4 Å². The fraction of sp³-hybridized carbons (Fsp3) is 0.923. The van der Waals surface area contributed by atoms with Crippen LogP contribution in [0.15, 0.2) is 0 Å². The molecule has 0 unspecified atom stereocenters. The number of hydrogen-bond acceptors (Lipinski definition) is 0. The molecular weight excluding hydrogens is 187 g/mol. The highest BCUT2D eigenvalue weighted by molar-refractivity contribution is 7.60. The SMILES string of the molecule is [CH2]P(C1CCCCC1)C1CCCCC1. The van der Waals surface area contributed by atoms with Gasteiger partial charge in [0.25, 0.3) is 0 Å². The maximum atomic E-state index is 4.55. The Morgan fingerprint density at radius 2 is 1.00 bits per heavy atom. The van der Waals surface area contributed by atoms with E-state index in [1.165, 1.54) is 64.2 Å². The number of hydrogen-bond donors (Lipinski definition) is 0. The van der Waals surface area contributed by atoms with Crippen LogP contribution in [-0.4, -0.2) is 11.3 Å². The Bertz CT molecular complexity index is 137. The van der Waals surface area contributed by atoms with Crippen LogP contribution >= 0.6 is 7.92 Å². The van der Waals surface area contributed by atoms with E-state index in [1.54, 1.807) is 0 Å². The average molecular weight is 211 g/mol. The van der Waals surface area contributed by atoms with Gasteiger partial charge in [-0.25, -0.2) is 0 Å². The molecule has 0 aromatic carbocycles. The summed E-state index contributed by atoms with van der Waals surface area (Å²) >= 11 is 0. The van der Waals surface area contributed by atoms with Gasteiger partial charge in [0, 0.05) is 0 Å². The first kappa shape index (κ1) is 10.9. The third-order valence-electron chi connectivity index (χ3n) is 4.09. The first-order chi connectivity index (χ1) is 6.88. The minimum atomic E-state index is 0.133. The van der Waals surface area contributed by atoms with Gasteiger partial charge < -0.3 is 0 Å². The molecule has 2 rings (SSSR count). The molecule has 0 aromatic heterocycles. The highest BCUT2D eigenvalue weighted by Crippen LogP contribution is 2.54. The molecule has 2 aliphatic rings. The zero-order valence-corrected chi connectivity index (χ0v) is 10.3. The first-order valence-electron chi connectivity index (χ1n) is 6.47. The summed E-state index contributed by atoms with van der Waals surface area (Å²) in [5.41, 5.74) is 2.09. The van der Waals surface area contributed by atoms with Crippen molar-refractivity contribution in [1.29, 1.82) is 0 Å². The zero-order valence-electron chi connectivity index (χ0n) is 9.38. The topological polar surface area (TPSA) is 0 Å². The van der Waals surface area contributed by atoms with E-state index in [0.29, 0.717) is 0 Å². The van der Waals surface area contributed by atoms with E-state index in [1.807, 2.05) is 0 Å². The van der Waals surface area contributed by atoms with E-state index in [-0.39, 0.29) is 7.92 Å². The Kier molecular flexibility index (Phi) is 4.29. The van der Waals surface area contributed by atoms with Crippen molar-refractivity contribution in [2.45, 2.75) is 75.5 Å². The molecular formula is C13H24P. The molecule has 0 aliphatic heterocycles. The normalized spacial score (nSPS) is 27.0. The van der Waals surface area contributed by atoms with Crippen LogP contribution < -0.4 is 0 Å².